The second kappa shape index (κ2) is 8.28. The van der Waals surface area contributed by atoms with E-state index in [1.54, 1.807) is 18.2 Å². The molecule has 0 spiro atoms. The predicted molar refractivity (Wildman–Crippen MR) is 108 cm³/mol. The minimum atomic E-state index is -3.69. The summed E-state index contributed by atoms with van der Waals surface area (Å²) in [5, 5.41) is 4.50. The molecule has 0 saturated heterocycles. The maximum Gasteiger partial charge on any atom is 0.242 e. The van der Waals surface area contributed by atoms with Gasteiger partial charge in [-0.25, -0.2) is 8.42 Å². The zero-order valence-electron chi connectivity index (χ0n) is 14.1. The highest BCUT2D eigenvalue weighted by Gasteiger charge is 2.24. The average Bonchev–Trinajstić information content (AvgIpc) is 3.07. The first-order valence-corrected chi connectivity index (χ1v) is 10.9. The van der Waals surface area contributed by atoms with Crippen LogP contribution in [0.4, 0.5) is 0 Å². The van der Waals surface area contributed by atoms with Gasteiger partial charge in [0.2, 0.25) is 21.7 Å². The molecule has 6 nitrogen and oxygen atoms in total. The molecule has 0 saturated carbocycles. The largest absolute Gasteiger partial charge is 0.338 e. The zero-order valence-corrected chi connectivity index (χ0v) is 18.0. The normalized spacial score (nSPS) is 11.9. The molecule has 0 atom stereocenters. The number of rotatable bonds is 6. The summed E-state index contributed by atoms with van der Waals surface area (Å²) in [6.07, 6.45) is 0. The first-order valence-electron chi connectivity index (χ1n) is 7.71. The lowest BCUT2D eigenvalue weighted by atomic mass is 10.2. The topological polar surface area (TPSA) is 76.3 Å². The molecule has 0 unspecified atom stereocenters. The highest BCUT2D eigenvalue weighted by Crippen LogP contribution is 2.27. The minimum Gasteiger partial charge on any atom is -0.338 e. The Hall–Kier alpha value is -1.45. The van der Waals surface area contributed by atoms with Crippen LogP contribution in [0.1, 0.15) is 11.5 Å². The Kier molecular flexibility index (Phi) is 6.22. The van der Waals surface area contributed by atoms with Gasteiger partial charge in [0.25, 0.3) is 0 Å². The van der Waals surface area contributed by atoms with Gasteiger partial charge in [-0.1, -0.05) is 62.5 Å². The fraction of sp³-hybridized carbons (Fsp3) is 0.176. The molecular weight excluding hydrogens is 477 g/mol. The van der Waals surface area contributed by atoms with Crippen molar-refractivity contribution in [3.05, 3.63) is 68.4 Å². The lowest BCUT2D eigenvalue weighted by Gasteiger charge is -2.16. The molecule has 0 bridgehead atoms. The molecule has 0 aliphatic rings. The Morgan fingerprint density at radius 2 is 1.81 bits per heavy atom. The van der Waals surface area contributed by atoms with Crippen molar-refractivity contribution in [2.24, 2.45) is 0 Å². The zero-order chi connectivity index (χ0) is 19.6. The van der Waals surface area contributed by atoms with Crippen LogP contribution in [-0.2, 0) is 22.3 Å². The number of hydrogen-bond acceptors (Lipinski definition) is 5. The van der Waals surface area contributed by atoms with Crippen LogP contribution in [0.3, 0.4) is 0 Å². The monoisotopic (exact) mass is 489 g/mol. The maximum absolute atomic E-state index is 12.6. The molecule has 1 aromatic heterocycles. The SMILES string of the molecule is CN(Cc1nc(-c2cccc(Br)c2)no1)S(=O)(=O)Cc1c(Cl)cccc1Cl. The van der Waals surface area contributed by atoms with E-state index in [-0.39, 0.29) is 18.2 Å². The van der Waals surface area contributed by atoms with Crippen LogP contribution >= 0.6 is 39.1 Å². The molecule has 0 N–H and O–H groups in total. The van der Waals surface area contributed by atoms with E-state index in [4.69, 9.17) is 27.7 Å². The van der Waals surface area contributed by atoms with E-state index < -0.39 is 10.0 Å². The van der Waals surface area contributed by atoms with Gasteiger partial charge in [-0.05, 0) is 24.3 Å². The van der Waals surface area contributed by atoms with E-state index in [1.165, 1.54) is 7.05 Å². The van der Waals surface area contributed by atoms with Gasteiger partial charge >= 0.3 is 0 Å². The van der Waals surface area contributed by atoms with Crippen LogP contribution < -0.4 is 0 Å². The van der Waals surface area contributed by atoms with Crippen molar-refractivity contribution in [1.82, 2.24) is 14.4 Å². The summed E-state index contributed by atoms with van der Waals surface area (Å²) >= 11 is 15.5. The summed E-state index contributed by atoms with van der Waals surface area (Å²) in [7, 11) is -2.26. The third-order valence-electron chi connectivity index (χ3n) is 3.77. The molecule has 0 aliphatic carbocycles. The van der Waals surface area contributed by atoms with Gasteiger partial charge < -0.3 is 4.52 Å². The molecule has 0 aliphatic heterocycles. The first kappa shape index (κ1) is 20.3. The Bertz CT molecular complexity index is 1050. The molecular formula is C17H14BrCl2N3O3S. The highest BCUT2D eigenvalue weighted by molar-refractivity contribution is 9.10. The van der Waals surface area contributed by atoms with Crippen LogP contribution in [0.25, 0.3) is 11.4 Å². The van der Waals surface area contributed by atoms with Crippen LogP contribution in [0.2, 0.25) is 10.0 Å². The number of hydrogen-bond donors (Lipinski definition) is 0. The molecule has 1 heterocycles. The summed E-state index contributed by atoms with van der Waals surface area (Å²) in [6.45, 7) is -0.0641. The third-order valence-corrected chi connectivity index (χ3v) is 6.71. The molecule has 142 valence electrons. The third kappa shape index (κ3) is 4.89. The van der Waals surface area contributed by atoms with Crippen LogP contribution in [-0.4, -0.2) is 29.9 Å². The summed E-state index contributed by atoms with van der Waals surface area (Å²) in [4.78, 5) is 4.26. The summed E-state index contributed by atoms with van der Waals surface area (Å²) in [6, 6.07) is 12.3. The van der Waals surface area contributed by atoms with Crippen molar-refractivity contribution in [2.75, 3.05) is 7.05 Å². The highest BCUT2D eigenvalue weighted by atomic mass is 79.9. The smallest absolute Gasteiger partial charge is 0.242 e. The fourth-order valence-corrected chi connectivity index (χ4v) is 4.61. The van der Waals surface area contributed by atoms with Crippen molar-refractivity contribution < 1.29 is 12.9 Å². The van der Waals surface area contributed by atoms with Crippen molar-refractivity contribution >= 4 is 49.2 Å². The molecule has 0 amide bonds. The van der Waals surface area contributed by atoms with Gasteiger partial charge in [0.05, 0.1) is 12.3 Å². The van der Waals surface area contributed by atoms with Crippen molar-refractivity contribution in [3.8, 4) is 11.4 Å². The number of halogens is 3. The van der Waals surface area contributed by atoms with Gasteiger partial charge in [-0.15, -0.1) is 0 Å². The quantitative estimate of drug-likeness (QED) is 0.497. The van der Waals surface area contributed by atoms with E-state index in [0.717, 1.165) is 14.3 Å². The van der Waals surface area contributed by atoms with Gasteiger partial charge in [-0.2, -0.15) is 9.29 Å². The molecule has 2 aromatic carbocycles. The minimum absolute atomic E-state index is 0.0641. The Balaban J connectivity index is 1.76. The van der Waals surface area contributed by atoms with Crippen LogP contribution in [0, 0.1) is 0 Å². The van der Waals surface area contributed by atoms with Crippen LogP contribution in [0.15, 0.2) is 51.5 Å². The van der Waals surface area contributed by atoms with E-state index in [2.05, 4.69) is 26.1 Å². The Morgan fingerprint density at radius 3 is 2.48 bits per heavy atom. The second-order valence-electron chi connectivity index (χ2n) is 5.73. The molecule has 0 radical (unpaired) electrons. The lowest BCUT2D eigenvalue weighted by Crippen LogP contribution is -2.28. The number of aromatic nitrogens is 2. The summed E-state index contributed by atoms with van der Waals surface area (Å²) in [5.74, 6) is 0.238. The van der Waals surface area contributed by atoms with E-state index in [1.807, 2.05) is 24.3 Å². The van der Waals surface area contributed by atoms with Crippen molar-refractivity contribution in [2.45, 2.75) is 12.3 Å². The van der Waals surface area contributed by atoms with E-state index in [0.29, 0.717) is 21.4 Å². The van der Waals surface area contributed by atoms with E-state index >= 15 is 0 Å². The lowest BCUT2D eigenvalue weighted by molar-refractivity contribution is 0.336. The average molecular weight is 491 g/mol. The number of benzene rings is 2. The molecule has 3 rings (SSSR count). The summed E-state index contributed by atoms with van der Waals surface area (Å²) < 4.78 is 32.5. The van der Waals surface area contributed by atoms with Gasteiger partial charge in [0.15, 0.2) is 0 Å². The van der Waals surface area contributed by atoms with Crippen molar-refractivity contribution in [3.63, 3.8) is 0 Å². The van der Waals surface area contributed by atoms with Gasteiger partial charge in [0, 0.05) is 32.7 Å². The Labute approximate surface area is 175 Å². The van der Waals surface area contributed by atoms with Crippen molar-refractivity contribution in [1.29, 1.82) is 0 Å². The fourth-order valence-electron chi connectivity index (χ4n) is 2.32. The van der Waals surface area contributed by atoms with Gasteiger partial charge in [0.1, 0.15) is 0 Å². The molecule has 0 fully saturated rings. The predicted octanol–water partition coefficient (Wildman–Crippen LogP) is 4.77. The van der Waals surface area contributed by atoms with Gasteiger partial charge in [-0.3, -0.25) is 0 Å². The molecule has 10 heteroatoms. The Morgan fingerprint density at radius 1 is 1.15 bits per heavy atom. The number of sulfonamides is 1. The molecule has 27 heavy (non-hydrogen) atoms. The maximum atomic E-state index is 12.6. The number of nitrogens with zero attached hydrogens (tertiary/aromatic N) is 3. The summed E-state index contributed by atoms with van der Waals surface area (Å²) in [5.41, 5.74) is 1.11. The standard InChI is InChI=1S/C17H14BrCl2N3O3S/c1-23(27(24,25)10-13-14(19)6-3-7-15(13)20)9-16-21-17(22-26-16)11-4-2-5-12(18)8-11/h2-8H,9-10H2,1H3. The second-order valence-corrected chi connectivity index (χ2v) is 9.54. The molecule has 3 aromatic rings. The van der Waals surface area contributed by atoms with E-state index in [9.17, 15) is 8.42 Å². The van der Waals surface area contributed by atoms with Crippen LogP contribution in [0.5, 0.6) is 0 Å². The first-order chi connectivity index (χ1) is 12.8.